The Morgan fingerprint density at radius 3 is 2.57 bits per heavy atom. The molecule has 1 rings (SSSR count). The molecular formula is C10H16ClN3. The molecular weight excluding hydrogens is 198 g/mol. The van der Waals surface area contributed by atoms with Crippen molar-refractivity contribution in [2.45, 2.75) is 26.8 Å². The Hall–Kier alpha value is -0.670. The van der Waals surface area contributed by atoms with Gasteiger partial charge in [0, 0.05) is 6.54 Å². The largest absolute Gasteiger partial charge is 0.298 e. The van der Waals surface area contributed by atoms with Gasteiger partial charge in [0.2, 0.25) is 0 Å². The van der Waals surface area contributed by atoms with Crippen LogP contribution in [0, 0.1) is 0 Å². The van der Waals surface area contributed by atoms with Crippen molar-refractivity contribution in [1.82, 2.24) is 14.9 Å². The molecule has 0 aliphatic heterocycles. The van der Waals surface area contributed by atoms with Crippen LogP contribution in [0.3, 0.4) is 0 Å². The van der Waals surface area contributed by atoms with Crippen molar-refractivity contribution in [3.05, 3.63) is 23.2 Å². The molecule has 1 aromatic rings. The van der Waals surface area contributed by atoms with E-state index in [2.05, 4.69) is 28.7 Å². The smallest absolute Gasteiger partial charge is 0.147 e. The zero-order valence-corrected chi connectivity index (χ0v) is 9.46. The molecule has 3 nitrogen and oxygen atoms in total. The van der Waals surface area contributed by atoms with Crippen molar-refractivity contribution in [2.24, 2.45) is 0 Å². The molecule has 0 aromatic carbocycles. The Labute approximate surface area is 90.1 Å². The van der Waals surface area contributed by atoms with E-state index in [1.807, 2.05) is 0 Å². The summed E-state index contributed by atoms with van der Waals surface area (Å²) >= 11 is 5.66. The highest BCUT2D eigenvalue weighted by atomic mass is 35.5. The maximum Gasteiger partial charge on any atom is 0.147 e. The minimum atomic E-state index is 0.451. The molecule has 0 atom stereocenters. The highest BCUT2D eigenvalue weighted by Crippen LogP contribution is 2.04. The first kappa shape index (κ1) is 11.4. The number of hydrogen-bond acceptors (Lipinski definition) is 3. The highest BCUT2D eigenvalue weighted by Gasteiger charge is 2.03. The number of aromatic nitrogens is 2. The van der Waals surface area contributed by atoms with Crippen LogP contribution in [-0.2, 0) is 6.54 Å². The predicted octanol–water partition coefficient (Wildman–Crippen LogP) is 2.36. The number of halogens is 1. The Morgan fingerprint density at radius 1 is 1.29 bits per heavy atom. The quantitative estimate of drug-likeness (QED) is 0.752. The summed E-state index contributed by atoms with van der Waals surface area (Å²) in [6, 6.07) is 0. The molecule has 0 saturated heterocycles. The summed E-state index contributed by atoms with van der Waals surface area (Å²) < 4.78 is 0. The van der Waals surface area contributed by atoms with Crippen molar-refractivity contribution in [2.75, 3.05) is 13.1 Å². The van der Waals surface area contributed by atoms with Gasteiger partial charge in [-0.05, 0) is 19.5 Å². The van der Waals surface area contributed by atoms with Crippen molar-refractivity contribution in [3.63, 3.8) is 0 Å². The van der Waals surface area contributed by atoms with Gasteiger partial charge in [-0.25, -0.2) is 4.98 Å². The summed E-state index contributed by atoms with van der Waals surface area (Å²) in [6.07, 6.45) is 4.49. The average Bonchev–Trinajstić information content (AvgIpc) is 2.20. The highest BCUT2D eigenvalue weighted by molar-refractivity contribution is 6.29. The SMILES string of the molecule is CCCN(CC)Cc1cnc(Cl)cn1. The summed E-state index contributed by atoms with van der Waals surface area (Å²) in [4.78, 5) is 10.5. The summed E-state index contributed by atoms with van der Waals surface area (Å²) in [7, 11) is 0. The second-order valence-corrected chi connectivity index (χ2v) is 3.59. The van der Waals surface area contributed by atoms with E-state index in [0.29, 0.717) is 5.15 Å². The van der Waals surface area contributed by atoms with Gasteiger partial charge in [0.25, 0.3) is 0 Å². The molecule has 0 aliphatic rings. The van der Waals surface area contributed by atoms with Gasteiger partial charge in [-0.3, -0.25) is 9.88 Å². The Bertz CT molecular complexity index is 261. The molecule has 0 fully saturated rings. The maximum atomic E-state index is 5.66. The summed E-state index contributed by atoms with van der Waals surface area (Å²) in [6.45, 7) is 7.32. The van der Waals surface area contributed by atoms with E-state index in [0.717, 1.165) is 31.7 Å². The van der Waals surface area contributed by atoms with Gasteiger partial charge in [0.15, 0.2) is 0 Å². The minimum Gasteiger partial charge on any atom is -0.298 e. The van der Waals surface area contributed by atoms with Gasteiger partial charge in [-0.1, -0.05) is 25.4 Å². The lowest BCUT2D eigenvalue weighted by Crippen LogP contribution is -2.24. The molecule has 0 N–H and O–H groups in total. The van der Waals surface area contributed by atoms with Gasteiger partial charge < -0.3 is 0 Å². The van der Waals surface area contributed by atoms with E-state index < -0.39 is 0 Å². The lowest BCUT2D eigenvalue weighted by atomic mass is 10.3. The van der Waals surface area contributed by atoms with Crippen molar-refractivity contribution >= 4 is 11.6 Å². The Balaban J connectivity index is 2.53. The van der Waals surface area contributed by atoms with E-state index in [4.69, 9.17) is 11.6 Å². The summed E-state index contributed by atoms with van der Waals surface area (Å²) in [5.74, 6) is 0. The number of rotatable bonds is 5. The topological polar surface area (TPSA) is 29.0 Å². The van der Waals surface area contributed by atoms with E-state index in [9.17, 15) is 0 Å². The molecule has 0 amide bonds. The zero-order valence-electron chi connectivity index (χ0n) is 8.70. The Morgan fingerprint density at radius 2 is 2.07 bits per heavy atom. The van der Waals surface area contributed by atoms with E-state index in [1.165, 1.54) is 0 Å². The summed E-state index contributed by atoms with van der Waals surface area (Å²) in [5.41, 5.74) is 0.977. The van der Waals surface area contributed by atoms with Crippen molar-refractivity contribution in [1.29, 1.82) is 0 Å². The molecule has 1 aromatic heterocycles. The van der Waals surface area contributed by atoms with Crippen LogP contribution in [0.2, 0.25) is 5.15 Å². The second kappa shape index (κ2) is 5.94. The fraction of sp³-hybridized carbons (Fsp3) is 0.600. The third-order valence-electron chi connectivity index (χ3n) is 2.05. The number of nitrogens with zero attached hydrogens (tertiary/aromatic N) is 3. The van der Waals surface area contributed by atoms with Crippen molar-refractivity contribution in [3.8, 4) is 0 Å². The fourth-order valence-electron chi connectivity index (χ4n) is 1.31. The molecule has 0 unspecified atom stereocenters. The summed E-state index contributed by atoms with van der Waals surface area (Å²) in [5, 5.41) is 0.451. The predicted molar refractivity (Wildman–Crippen MR) is 58.3 cm³/mol. The van der Waals surface area contributed by atoms with Gasteiger partial charge >= 0.3 is 0 Å². The van der Waals surface area contributed by atoms with Gasteiger partial charge in [-0.2, -0.15) is 0 Å². The first-order chi connectivity index (χ1) is 6.76. The molecule has 0 bridgehead atoms. The van der Waals surface area contributed by atoms with E-state index in [-0.39, 0.29) is 0 Å². The lowest BCUT2D eigenvalue weighted by Gasteiger charge is -2.18. The number of hydrogen-bond donors (Lipinski definition) is 0. The third kappa shape index (κ3) is 3.60. The van der Waals surface area contributed by atoms with Crippen LogP contribution in [0.25, 0.3) is 0 Å². The average molecular weight is 214 g/mol. The molecule has 14 heavy (non-hydrogen) atoms. The molecule has 0 saturated carbocycles. The van der Waals surface area contributed by atoms with Crippen LogP contribution < -0.4 is 0 Å². The maximum absolute atomic E-state index is 5.66. The first-order valence-electron chi connectivity index (χ1n) is 4.95. The van der Waals surface area contributed by atoms with Crippen LogP contribution >= 0.6 is 11.6 Å². The first-order valence-corrected chi connectivity index (χ1v) is 5.32. The zero-order chi connectivity index (χ0) is 10.4. The third-order valence-corrected chi connectivity index (χ3v) is 2.24. The van der Waals surface area contributed by atoms with Crippen LogP contribution in [0.1, 0.15) is 26.0 Å². The lowest BCUT2D eigenvalue weighted by molar-refractivity contribution is 0.277. The molecule has 4 heteroatoms. The normalized spacial score (nSPS) is 10.9. The van der Waals surface area contributed by atoms with Gasteiger partial charge in [0.05, 0.1) is 18.1 Å². The van der Waals surface area contributed by atoms with E-state index in [1.54, 1.807) is 12.4 Å². The second-order valence-electron chi connectivity index (χ2n) is 3.20. The molecule has 0 radical (unpaired) electrons. The molecule has 0 aliphatic carbocycles. The van der Waals surface area contributed by atoms with Gasteiger partial charge in [0.1, 0.15) is 5.15 Å². The monoisotopic (exact) mass is 213 g/mol. The minimum absolute atomic E-state index is 0.451. The standard InChI is InChI=1S/C10H16ClN3/c1-3-5-14(4-2)8-9-6-13-10(11)7-12-9/h6-7H,3-5,8H2,1-2H3. The van der Waals surface area contributed by atoms with Crippen LogP contribution in [0.15, 0.2) is 12.4 Å². The van der Waals surface area contributed by atoms with Crippen molar-refractivity contribution < 1.29 is 0 Å². The molecule has 1 heterocycles. The van der Waals surface area contributed by atoms with Crippen LogP contribution in [0.4, 0.5) is 0 Å². The van der Waals surface area contributed by atoms with Crippen LogP contribution in [-0.4, -0.2) is 28.0 Å². The molecule has 0 spiro atoms. The Kier molecular flexibility index (Phi) is 4.84. The fourth-order valence-corrected chi connectivity index (χ4v) is 1.41. The van der Waals surface area contributed by atoms with Crippen LogP contribution in [0.5, 0.6) is 0 Å². The van der Waals surface area contributed by atoms with Gasteiger partial charge in [-0.15, -0.1) is 0 Å². The van der Waals surface area contributed by atoms with E-state index >= 15 is 0 Å². The molecule has 78 valence electrons.